The number of para-hydroxylation sites is 2. The largest absolute Gasteiger partial charge is 0.378 e. The summed E-state index contributed by atoms with van der Waals surface area (Å²) in [5.41, 5.74) is 3.72. The van der Waals surface area contributed by atoms with E-state index in [1.54, 1.807) is 31.3 Å². The molecule has 0 atom stereocenters. The Kier molecular flexibility index (Phi) is 6.13. The van der Waals surface area contributed by atoms with E-state index in [9.17, 15) is 14.4 Å². The molecule has 0 aliphatic rings. The zero-order valence-electron chi connectivity index (χ0n) is 18.9. The van der Waals surface area contributed by atoms with Gasteiger partial charge in [-0.2, -0.15) is 0 Å². The highest BCUT2D eigenvalue weighted by atomic mass is 16.2. The summed E-state index contributed by atoms with van der Waals surface area (Å²) < 4.78 is 2.85. The molecule has 0 spiro atoms. The zero-order valence-corrected chi connectivity index (χ0v) is 18.9. The van der Waals surface area contributed by atoms with Crippen LogP contribution in [0.2, 0.25) is 0 Å². The molecule has 3 aromatic carbocycles. The van der Waals surface area contributed by atoms with Crippen LogP contribution < -0.4 is 21.3 Å². The van der Waals surface area contributed by atoms with Crippen molar-refractivity contribution in [1.29, 1.82) is 0 Å². The van der Waals surface area contributed by atoms with Gasteiger partial charge in [-0.15, -0.1) is 0 Å². The summed E-state index contributed by atoms with van der Waals surface area (Å²) in [5, 5.41) is 2.93. The first-order valence-electron chi connectivity index (χ1n) is 10.7. The number of rotatable bonds is 6. The fourth-order valence-corrected chi connectivity index (χ4v) is 3.75. The number of fused-ring (bicyclic) bond motifs is 1. The highest BCUT2D eigenvalue weighted by molar-refractivity contribution is 5.94. The molecule has 0 aliphatic heterocycles. The summed E-state index contributed by atoms with van der Waals surface area (Å²) in [6.45, 7) is 0.679. The molecule has 0 fully saturated rings. The van der Waals surface area contributed by atoms with Crippen LogP contribution in [0.4, 0.5) is 5.69 Å². The molecule has 0 bridgehead atoms. The molecule has 0 aliphatic carbocycles. The van der Waals surface area contributed by atoms with Crippen LogP contribution in [0.1, 0.15) is 21.5 Å². The van der Waals surface area contributed by atoms with Gasteiger partial charge in [-0.1, -0.05) is 36.4 Å². The Bertz CT molecular complexity index is 1420. The molecule has 4 rings (SSSR count). The maximum absolute atomic E-state index is 12.6. The van der Waals surface area contributed by atoms with E-state index >= 15 is 0 Å². The topological polar surface area (TPSA) is 76.3 Å². The molecule has 7 nitrogen and oxygen atoms in total. The molecule has 0 unspecified atom stereocenters. The van der Waals surface area contributed by atoms with Crippen molar-refractivity contribution in [2.45, 2.75) is 13.1 Å². The summed E-state index contributed by atoms with van der Waals surface area (Å²) in [6.07, 6.45) is 0. The smallest absolute Gasteiger partial charge is 0.317 e. The molecule has 1 aromatic heterocycles. The van der Waals surface area contributed by atoms with E-state index in [0.29, 0.717) is 23.1 Å². The number of anilines is 1. The minimum Gasteiger partial charge on any atom is -0.378 e. The van der Waals surface area contributed by atoms with Gasteiger partial charge in [-0.05, 0) is 47.5 Å². The van der Waals surface area contributed by atoms with Crippen LogP contribution in [0.25, 0.3) is 11.0 Å². The SMILES string of the molecule is CN(C)c1ccc(CNC(=O)c2ccc(Cn3c(=O)c(=O)n(C)c4ccccc43)cc2)cc1. The molecule has 0 saturated heterocycles. The van der Waals surface area contributed by atoms with Gasteiger partial charge < -0.3 is 14.8 Å². The molecular formula is C26H26N4O3. The van der Waals surface area contributed by atoms with Crippen molar-refractivity contribution in [2.24, 2.45) is 7.05 Å². The number of aryl methyl sites for hydroxylation is 1. The van der Waals surface area contributed by atoms with Crippen molar-refractivity contribution >= 4 is 22.6 Å². The fraction of sp³-hybridized carbons (Fsp3) is 0.192. The average molecular weight is 443 g/mol. The third-order valence-electron chi connectivity index (χ3n) is 5.73. The maximum Gasteiger partial charge on any atom is 0.317 e. The number of carbonyl (C=O) groups excluding carboxylic acids is 1. The molecule has 7 heteroatoms. The Hall–Kier alpha value is -4.13. The number of aromatic nitrogens is 2. The summed E-state index contributed by atoms with van der Waals surface area (Å²) in [6, 6.07) is 22.4. The lowest BCUT2D eigenvalue weighted by atomic mass is 10.1. The van der Waals surface area contributed by atoms with Crippen LogP contribution in [0.5, 0.6) is 0 Å². The van der Waals surface area contributed by atoms with Crippen molar-refractivity contribution in [2.75, 3.05) is 19.0 Å². The van der Waals surface area contributed by atoms with Crippen LogP contribution in [0, 0.1) is 0 Å². The van der Waals surface area contributed by atoms with E-state index in [1.807, 2.05) is 67.5 Å². The number of amides is 1. The van der Waals surface area contributed by atoms with Gasteiger partial charge >= 0.3 is 11.1 Å². The number of nitrogens with one attached hydrogen (secondary N) is 1. The minimum absolute atomic E-state index is 0.172. The Balaban J connectivity index is 1.48. The van der Waals surface area contributed by atoms with Crippen molar-refractivity contribution in [3.05, 3.63) is 110 Å². The molecule has 33 heavy (non-hydrogen) atoms. The van der Waals surface area contributed by atoms with E-state index in [1.165, 1.54) is 9.13 Å². The van der Waals surface area contributed by atoms with E-state index in [-0.39, 0.29) is 12.5 Å². The predicted octanol–water partition coefficient (Wildman–Crippen LogP) is 2.74. The van der Waals surface area contributed by atoms with Gasteiger partial charge in [0.05, 0.1) is 17.6 Å². The summed E-state index contributed by atoms with van der Waals surface area (Å²) >= 11 is 0. The first kappa shape index (κ1) is 22.1. The maximum atomic E-state index is 12.6. The second kappa shape index (κ2) is 9.16. The Morgan fingerprint density at radius 3 is 2.06 bits per heavy atom. The highest BCUT2D eigenvalue weighted by Crippen LogP contribution is 2.14. The first-order valence-corrected chi connectivity index (χ1v) is 10.7. The third-order valence-corrected chi connectivity index (χ3v) is 5.73. The normalized spacial score (nSPS) is 10.9. The minimum atomic E-state index is -0.571. The van der Waals surface area contributed by atoms with E-state index in [2.05, 4.69) is 5.32 Å². The van der Waals surface area contributed by atoms with E-state index in [4.69, 9.17) is 0 Å². The molecule has 1 N–H and O–H groups in total. The molecule has 4 aromatic rings. The van der Waals surface area contributed by atoms with Crippen molar-refractivity contribution < 1.29 is 4.79 Å². The predicted molar refractivity (Wildman–Crippen MR) is 131 cm³/mol. The van der Waals surface area contributed by atoms with E-state index < -0.39 is 11.1 Å². The average Bonchev–Trinajstić information content (AvgIpc) is 2.84. The van der Waals surface area contributed by atoms with Crippen LogP contribution in [-0.2, 0) is 20.1 Å². The van der Waals surface area contributed by atoms with Crippen molar-refractivity contribution in [3.63, 3.8) is 0 Å². The monoisotopic (exact) mass is 442 g/mol. The lowest BCUT2D eigenvalue weighted by Crippen LogP contribution is -2.40. The standard InChI is InChI=1S/C26H26N4O3/c1-28(2)21-14-10-18(11-15-21)16-27-24(31)20-12-8-19(9-13-20)17-30-23-7-5-4-6-22(23)29(3)25(32)26(30)33/h4-15H,16-17H2,1-3H3,(H,27,31). The van der Waals surface area contributed by atoms with E-state index in [0.717, 1.165) is 16.8 Å². The Morgan fingerprint density at radius 2 is 1.42 bits per heavy atom. The highest BCUT2D eigenvalue weighted by Gasteiger charge is 2.12. The Morgan fingerprint density at radius 1 is 0.818 bits per heavy atom. The summed E-state index contributed by atoms with van der Waals surface area (Å²) in [4.78, 5) is 39.6. The van der Waals surface area contributed by atoms with Crippen LogP contribution >= 0.6 is 0 Å². The molecule has 0 saturated carbocycles. The van der Waals surface area contributed by atoms with Gasteiger partial charge in [-0.3, -0.25) is 19.0 Å². The molecule has 0 radical (unpaired) electrons. The molecular weight excluding hydrogens is 416 g/mol. The van der Waals surface area contributed by atoms with Gasteiger partial charge in [0.1, 0.15) is 0 Å². The number of hydrogen-bond acceptors (Lipinski definition) is 4. The van der Waals surface area contributed by atoms with Gasteiger partial charge in [0, 0.05) is 38.9 Å². The van der Waals surface area contributed by atoms with Gasteiger partial charge in [0.15, 0.2) is 0 Å². The quantitative estimate of drug-likeness (QED) is 0.466. The number of nitrogens with zero attached hydrogens (tertiary/aromatic N) is 3. The molecule has 1 heterocycles. The number of benzene rings is 3. The Labute approximate surface area is 191 Å². The molecule has 1 amide bonds. The molecule has 168 valence electrons. The lowest BCUT2D eigenvalue weighted by Gasteiger charge is -2.13. The van der Waals surface area contributed by atoms with Gasteiger partial charge in [0.2, 0.25) is 0 Å². The first-order chi connectivity index (χ1) is 15.8. The zero-order chi connectivity index (χ0) is 23.5. The van der Waals surface area contributed by atoms with Crippen molar-refractivity contribution in [1.82, 2.24) is 14.5 Å². The number of carbonyl (C=O) groups is 1. The number of hydrogen-bond donors (Lipinski definition) is 1. The van der Waals surface area contributed by atoms with Gasteiger partial charge in [-0.25, -0.2) is 0 Å². The summed E-state index contributed by atoms with van der Waals surface area (Å²) in [7, 11) is 5.56. The lowest BCUT2D eigenvalue weighted by molar-refractivity contribution is 0.0951. The third kappa shape index (κ3) is 4.57. The van der Waals surface area contributed by atoms with Crippen molar-refractivity contribution in [3.8, 4) is 0 Å². The fourth-order valence-electron chi connectivity index (χ4n) is 3.75. The van der Waals surface area contributed by atoms with Gasteiger partial charge in [0.25, 0.3) is 5.91 Å². The van der Waals surface area contributed by atoms with Crippen LogP contribution in [0.15, 0.2) is 82.4 Å². The second-order valence-corrected chi connectivity index (χ2v) is 8.18. The summed E-state index contributed by atoms with van der Waals surface area (Å²) in [5.74, 6) is -0.172. The second-order valence-electron chi connectivity index (χ2n) is 8.18. The van der Waals surface area contributed by atoms with Crippen LogP contribution in [-0.4, -0.2) is 29.1 Å². The van der Waals surface area contributed by atoms with Crippen LogP contribution in [0.3, 0.4) is 0 Å².